The number of nitrogens with zero attached hydrogens (tertiary/aromatic N) is 1. The molecule has 11 aromatic carbocycles. The van der Waals surface area contributed by atoms with Gasteiger partial charge < -0.3 is 8.98 Å². The molecule has 0 bridgehead atoms. The van der Waals surface area contributed by atoms with Crippen molar-refractivity contribution in [1.29, 1.82) is 0 Å². The van der Waals surface area contributed by atoms with Crippen LogP contribution < -0.4 is 0 Å². The fraction of sp³-hybridized carbons (Fsp3) is 0. The summed E-state index contributed by atoms with van der Waals surface area (Å²) in [6.45, 7) is 0. The lowest BCUT2D eigenvalue weighted by Crippen LogP contribution is -1.99. The van der Waals surface area contributed by atoms with E-state index in [1.165, 1.54) is 98.4 Å². The molecule has 0 amide bonds. The Morgan fingerprint density at radius 1 is 0.283 bits per heavy atom. The first-order chi connectivity index (χ1) is 29.8. The van der Waals surface area contributed by atoms with Gasteiger partial charge in [-0.25, -0.2) is 0 Å². The van der Waals surface area contributed by atoms with Crippen molar-refractivity contribution in [3.05, 3.63) is 212 Å². The highest BCUT2D eigenvalue weighted by Gasteiger charge is 2.24. The molecule has 0 atom stereocenters. The summed E-state index contributed by atoms with van der Waals surface area (Å²) in [6.07, 6.45) is 0. The summed E-state index contributed by atoms with van der Waals surface area (Å²) < 4.78 is 9.59. The normalized spacial score (nSPS) is 12.0. The second kappa shape index (κ2) is 12.8. The maximum atomic E-state index is 7.11. The van der Waals surface area contributed by atoms with Gasteiger partial charge in [-0.2, -0.15) is 0 Å². The highest BCUT2D eigenvalue weighted by molar-refractivity contribution is 6.28. The molecule has 0 aliphatic heterocycles. The van der Waals surface area contributed by atoms with Crippen molar-refractivity contribution >= 4 is 86.8 Å². The molecule has 2 heteroatoms. The first-order valence-corrected chi connectivity index (χ1v) is 20.7. The van der Waals surface area contributed by atoms with Gasteiger partial charge in [-0.15, -0.1) is 0 Å². The summed E-state index contributed by atoms with van der Waals surface area (Å²) in [5.74, 6) is 0. The minimum Gasteiger partial charge on any atom is -0.455 e. The van der Waals surface area contributed by atoms with Gasteiger partial charge in [0.05, 0.1) is 16.7 Å². The van der Waals surface area contributed by atoms with Crippen molar-refractivity contribution in [3.63, 3.8) is 0 Å². The van der Waals surface area contributed by atoms with E-state index in [2.05, 4.69) is 217 Å². The van der Waals surface area contributed by atoms with Gasteiger partial charge in [0, 0.05) is 43.4 Å². The molecule has 0 aliphatic rings. The molecule has 0 aliphatic carbocycles. The van der Waals surface area contributed by atoms with Crippen LogP contribution in [0, 0.1) is 0 Å². The summed E-state index contributed by atoms with van der Waals surface area (Å²) in [5, 5.41) is 14.5. The van der Waals surface area contributed by atoms with Gasteiger partial charge >= 0.3 is 0 Å². The number of rotatable bonds is 4. The molecular weight excluding hydrogens is 727 g/mol. The third kappa shape index (κ3) is 4.59. The fourth-order valence-corrected chi connectivity index (χ4v) is 10.4. The average molecular weight is 762 g/mol. The number of para-hydroxylation sites is 3. The number of aromatic nitrogens is 1. The SMILES string of the molecule is c1ccc(-c2c3ccccc3c(-c3cccc4c3oc3cccc(-c5c6ccccc6c(-n6c7ccccc7c7ccccc76)c6ccccc56)c34)c3ccccc23)cc1. The van der Waals surface area contributed by atoms with E-state index in [9.17, 15) is 0 Å². The van der Waals surface area contributed by atoms with Gasteiger partial charge in [-0.3, -0.25) is 0 Å². The molecular formula is C58H35NO. The minimum absolute atomic E-state index is 0.879. The largest absolute Gasteiger partial charge is 0.455 e. The Morgan fingerprint density at radius 2 is 0.683 bits per heavy atom. The monoisotopic (exact) mass is 761 g/mol. The van der Waals surface area contributed by atoms with Gasteiger partial charge in [-0.05, 0) is 72.8 Å². The molecule has 0 saturated carbocycles. The van der Waals surface area contributed by atoms with Crippen molar-refractivity contribution in [2.24, 2.45) is 0 Å². The molecule has 0 unspecified atom stereocenters. The van der Waals surface area contributed by atoms with E-state index in [4.69, 9.17) is 4.42 Å². The zero-order chi connectivity index (χ0) is 39.3. The molecule has 278 valence electrons. The van der Waals surface area contributed by atoms with Crippen LogP contribution in [-0.4, -0.2) is 4.57 Å². The third-order valence-corrected chi connectivity index (χ3v) is 12.8. The Hall–Kier alpha value is -7.94. The van der Waals surface area contributed by atoms with Crippen LogP contribution >= 0.6 is 0 Å². The quantitative estimate of drug-likeness (QED) is 0.163. The number of hydrogen-bond donors (Lipinski definition) is 0. The van der Waals surface area contributed by atoms with Crippen LogP contribution in [0.1, 0.15) is 0 Å². The Balaban J connectivity index is 1.12. The van der Waals surface area contributed by atoms with Crippen molar-refractivity contribution in [3.8, 4) is 39.1 Å². The lowest BCUT2D eigenvalue weighted by molar-refractivity contribution is 0.670. The molecule has 2 heterocycles. The summed E-state index contributed by atoms with van der Waals surface area (Å²) in [7, 11) is 0. The van der Waals surface area contributed by atoms with E-state index in [0.29, 0.717) is 0 Å². The molecule has 0 N–H and O–H groups in total. The molecule has 13 rings (SSSR count). The van der Waals surface area contributed by atoms with E-state index >= 15 is 0 Å². The van der Waals surface area contributed by atoms with Crippen LogP contribution in [-0.2, 0) is 0 Å². The Morgan fingerprint density at radius 3 is 1.25 bits per heavy atom. The van der Waals surface area contributed by atoms with Crippen LogP contribution in [0.25, 0.3) is 126 Å². The molecule has 60 heavy (non-hydrogen) atoms. The fourth-order valence-electron chi connectivity index (χ4n) is 10.4. The van der Waals surface area contributed by atoms with E-state index in [-0.39, 0.29) is 0 Å². The van der Waals surface area contributed by atoms with Crippen LogP contribution in [0.5, 0.6) is 0 Å². The van der Waals surface area contributed by atoms with Gasteiger partial charge in [0.1, 0.15) is 11.2 Å². The van der Waals surface area contributed by atoms with E-state index in [1.807, 2.05) is 0 Å². The molecule has 0 spiro atoms. The van der Waals surface area contributed by atoms with E-state index < -0.39 is 0 Å². The number of hydrogen-bond acceptors (Lipinski definition) is 1. The van der Waals surface area contributed by atoms with E-state index in [1.54, 1.807) is 0 Å². The van der Waals surface area contributed by atoms with Crippen molar-refractivity contribution in [2.75, 3.05) is 0 Å². The Labute approximate surface area is 345 Å². The zero-order valence-corrected chi connectivity index (χ0v) is 32.6. The summed E-state index contributed by atoms with van der Waals surface area (Å²) >= 11 is 0. The van der Waals surface area contributed by atoms with Crippen molar-refractivity contribution in [2.45, 2.75) is 0 Å². The Kier molecular flexibility index (Phi) is 7.05. The van der Waals surface area contributed by atoms with Crippen molar-refractivity contribution < 1.29 is 4.42 Å². The smallest absolute Gasteiger partial charge is 0.143 e. The number of fused-ring (bicyclic) bond motifs is 10. The van der Waals surface area contributed by atoms with Crippen LogP contribution in [0.3, 0.4) is 0 Å². The predicted molar refractivity (Wildman–Crippen MR) is 254 cm³/mol. The molecule has 0 radical (unpaired) electrons. The predicted octanol–water partition coefficient (Wildman–Crippen LogP) is 16.3. The topological polar surface area (TPSA) is 18.1 Å². The molecule has 2 nitrogen and oxygen atoms in total. The summed E-state index contributed by atoms with van der Waals surface area (Å²) in [4.78, 5) is 0. The van der Waals surface area contributed by atoms with Crippen LogP contribution in [0.2, 0.25) is 0 Å². The maximum absolute atomic E-state index is 7.11. The summed E-state index contributed by atoms with van der Waals surface area (Å²) in [6, 6.07) is 77.3. The molecule has 13 aromatic rings. The molecule has 2 aromatic heterocycles. The van der Waals surface area contributed by atoms with Crippen molar-refractivity contribution in [1.82, 2.24) is 4.57 Å². The zero-order valence-electron chi connectivity index (χ0n) is 32.6. The lowest BCUT2D eigenvalue weighted by Gasteiger charge is -2.20. The van der Waals surface area contributed by atoms with Crippen LogP contribution in [0.4, 0.5) is 0 Å². The van der Waals surface area contributed by atoms with Crippen LogP contribution in [0.15, 0.2) is 217 Å². The molecule has 0 saturated heterocycles. The minimum atomic E-state index is 0.879. The lowest BCUT2D eigenvalue weighted by atomic mass is 9.85. The van der Waals surface area contributed by atoms with Gasteiger partial charge in [-0.1, -0.05) is 194 Å². The van der Waals surface area contributed by atoms with E-state index in [0.717, 1.165) is 27.5 Å². The maximum Gasteiger partial charge on any atom is 0.143 e. The second-order valence-corrected chi connectivity index (χ2v) is 15.9. The third-order valence-electron chi connectivity index (χ3n) is 12.8. The van der Waals surface area contributed by atoms with Gasteiger partial charge in [0.2, 0.25) is 0 Å². The highest BCUT2D eigenvalue weighted by atomic mass is 16.3. The van der Waals surface area contributed by atoms with Gasteiger partial charge in [0.15, 0.2) is 0 Å². The summed E-state index contributed by atoms with van der Waals surface area (Å²) in [5.41, 5.74) is 12.5. The van der Waals surface area contributed by atoms with Gasteiger partial charge in [0.25, 0.3) is 0 Å². The standard InChI is InChI=1S/C58H35NO/c1-2-18-36(19-3-1)53-39-22-4-6-24-41(39)55(42-25-7-5-23-40(42)53)48-31-16-32-49-56-47(30-17-35-52(56)60-58(48)49)54-43-26-8-10-28-45(43)57(46-29-11-9-27-44(46)54)59-50-33-14-12-20-37(50)38-21-13-15-34-51(38)59/h1-35H. The number of benzene rings is 11. The molecule has 0 fully saturated rings. The average Bonchev–Trinajstić information content (AvgIpc) is 3.87. The first-order valence-electron chi connectivity index (χ1n) is 20.7. The number of furan rings is 1. The Bertz CT molecular complexity index is 3720. The highest BCUT2D eigenvalue weighted by Crippen LogP contribution is 2.50. The second-order valence-electron chi connectivity index (χ2n) is 15.9. The first kappa shape index (κ1) is 33.1.